The highest BCUT2D eigenvalue weighted by Gasteiger charge is 2.18. The predicted octanol–water partition coefficient (Wildman–Crippen LogP) is 5.48. The van der Waals surface area contributed by atoms with Crippen LogP contribution in [0.2, 0.25) is 0 Å². The molecular weight excluding hydrogens is 304 g/mol. The minimum absolute atomic E-state index is 0.0137. The fourth-order valence-electron chi connectivity index (χ4n) is 3.52. The minimum atomic E-state index is -0.942. The van der Waals surface area contributed by atoms with E-state index in [-0.39, 0.29) is 24.9 Å². The van der Waals surface area contributed by atoms with Gasteiger partial charge >= 0.3 is 11.9 Å². The lowest BCUT2D eigenvalue weighted by atomic mass is 9.94. The van der Waals surface area contributed by atoms with Gasteiger partial charge in [-0.1, -0.05) is 71.1 Å². The molecule has 1 saturated carbocycles. The van der Waals surface area contributed by atoms with Gasteiger partial charge in [0.15, 0.2) is 0 Å². The highest BCUT2D eigenvalue weighted by atomic mass is 16.5. The van der Waals surface area contributed by atoms with Crippen LogP contribution in [0.3, 0.4) is 0 Å². The van der Waals surface area contributed by atoms with Gasteiger partial charge in [-0.25, -0.2) is 0 Å². The van der Waals surface area contributed by atoms with Gasteiger partial charge in [-0.05, 0) is 25.2 Å². The van der Waals surface area contributed by atoms with Gasteiger partial charge in [0.25, 0.3) is 0 Å². The molecular formula is C20H36O4. The molecule has 0 bridgehead atoms. The Morgan fingerprint density at radius 1 is 0.833 bits per heavy atom. The monoisotopic (exact) mass is 340 g/mol. The average molecular weight is 341 g/mol. The summed E-state index contributed by atoms with van der Waals surface area (Å²) in [4.78, 5) is 22.4. The van der Waals surface area contributed by atoms with E-state index < -0.39 is 5.97 Å². The van der Waals surface area contributed by atoms with Crippen LogP contribution in [0.25, 0.3) is 0 Å². The lowest BCUT2D eigenvalue weighted by Crippen LogP contribution is -2.21. The highest BCUT2D eigenvalue weighted by molar-refractivity contribution is 5.76. The molecule has 24 heavy (non-hydrogen) atoms. The van der Waals surface area contributed by atoms with Crippen molar-refractivity contribution in [1.82, 2.24) is 0 Å². The highest BCUT2D eigenvalue weighted by Crippen LogP contribution is 2.22. The summed E-state index contributed by atoms with van der Waals surface area (Å²) in [5.41, 5.74) is 0. The van der Waals surface area contributed by atoms with Crippen LogP contribution in [-0.4, -0.2) is 23.1 Å². The number of esters is 1. The maximum atomic E-state index is 11.9. The van der Waals surface area contributed by atoms with E-state index in [9.17, 15) is 9.59 Å². The van der Waals surface area contributed by atoms with Crippen LogP contribution in [-0.2, 0) is 14.3 Å². The van der Waals surface area contributed by atoms with Crippen molar-refractivity contribution in [3.05, 3.63) is 0 Å². The van der Waals surface area contributed by atoms with Gasteiger partial charge in [-0.15, -0.1) is 0 Å². The first kappa shape index (κ1) is 21.0. The first-order valence-corrected chi connectivity index (χ1v) is 9.99. The molecule has 0 aromatic carbocycles. The van der Waals surface area contributed by atoms with Crippen molar-refractivity contribution in [2.24, 2.45) is 5.92 Å². The van der Waals surface area contributed by atoms with E-state index in [1.165, 1.54) is 64.2 Å². The van der Waals surface area contributed by atoms with Gasteiger partial charge in [-0.2, -0.15) is 0 Å². The topological polar surface area (TPSA) is 63.6 Å². The Labute approximate surface area is 147 Å². The predicted molar refractivity (Wildman–Crippen MR) is 95.9 cm³/mol. The van der Waals surface area contributed by atoms with E-state index in [0.29, 0.717) is 5.92 Å². The van der Waals surface area contributed by atoms with Crippen molar-refractivity contribution < 1.29 is 19.4 Å². The van der Waals surface area contributed by atoms with Crippen molar-refractivity contribution in [2.75, 3.05) is 0 Å². The largest absolute Gasteiger partial charge is 0.481 e. The van der Waals surface area contributed by atoms with Crippen LogP contribution in [0.4, 0.5) is 0 Å². The molecule has 0 saturated heterocycles. The molecule has 1 rings (SSSR count). The molecule has 1 unspecified atom stereocenters. The summed E-state index contributed by atoms with van der Waals surface area (Å²) in [5.74, 6) is -0.734. The summed E-state index contributed by atoms with van der Waals surface area (Å²) in [6.07, 6.45) is 15.8. The molecule has 0 spiro atoms. The van der Waals surface area contributed by atoms with E-state index in [2.05, 4.69) is 6.92 Å². The van der Waals surface area contributed by atoms with Gasteiger partial charge in [0.2, 0.25) is 0 Å². The van der Waals surface area contributed by atoms with Gasteiger partial charge < -0.3 is 9.84 Å². The third-order valence-corrected chi connectivity index (χ3v) is 4.98. The molecule has 0 heterocycles. The van der Waals surface area contributed by atoms with E-state index in [1.807, 2.05) is 0 Å². The Morgan fingerprint density at radius 3 is 1.88 bits per heavy atom. The summed E-state index contributed by atoms with van der Waals surface area (Å²) in [7, 11) is 0. The van der Waals surface area contributed by atoms with Crippen LogP contribution in [0.5, 0.6) is 0 Å². The minimum Gasteiger partial charge on any atom is -0.481 e. The summed E-state index contributed by atoms with van der Waals surface area (Å²) in [6, 6.07) is 0. The van der Waals surface area contributed by atoms with Gasteiger partial charge in [0.1, 0.15) is 6.10 Å². The van der Waals surface area contributed by atoms with Crippen molar-refractivity contribution >= 4 is 11.9 Å². The zero-order valence-electron chi connectivity index (χ0n) is 15.4. The maximum absolute atomic E-state index is 11.9. The fraction of sp³-hybridized carbons (Fsp3) is 0.900. The normalized spacial score (nSPS) is 25.2. The van der Waals surface area contributed by atoms with Crippen LogP contribution >= 0.6 is 0 Å². The molecule has 0 aliphatic heterocycles. The molecule has 4 heteroatoms. The Bertz CT molecular complexity index is 354. The molecule has 4 nitrogen and oxygen atoms in total. The van der Waals surface area contributed by atoms with Crippen LogP contribution < -0.4 is 0 Å². The van der Waals surface area contributed by atoms with E-state index in [4.69, 9.17) is 9.84 Å². The zero-order valence-corrected chi connectivity index (χ0v) is 15.4. The number of carbonyl (C=O) groups excluding carboxylic acids is 1. The molecule has 1 fully saturated rings. The second kappa shape index (κ2) is 13.3. The first-order valence-electron chi connectivity index (χ1n) is 9.99. The lowest BCUT2D eigenvalue weighted by Gasteiger charge is -2.21. The molecule has 2 atom stereocenters. The molecule has 0 aromatic heterocycles. The third-order valence-electron chi connectivity index (χ3n) is 4.98. The Kier molecular flexibility index (Phi) is 11.6. The average Bonchev–Trinajstić information content (AvgIpc) is 2.53. The molecule has 0 aromatic rings. The summed E-state index contributed by atoms with van der Waals surface area (Å²) in [6.45, 7) is 2.25. The quantitative estimate of drug-likeness (QED) is 0.688. The van der Waals surface area contributed by atoms with E-state index >= 15 is 0 Å². The van der Waals surface area contributed by atoms with Crippen LogP contribution in [0.15, 0.2) is 0 Å². The summed E-state index contributed by atoms with van der Waals surface area (Å²) in [5, 5.41) is 8.68. The second-order valence-corrected chi connectivity index (χ2v) is 7.46. The van der Waals surface area contributed by atoms with Crippen molar-refractivity contribution in [3.63, 3.8) is 0 Å². The van der Waals surface area contributed by atoms with Crippen molar-refractivity contribution in [3.8, 4) is 0 Å². The number of hydrogen-bond acceptors (Lipinski definition) is 3. The van der Waals surface area contributed by atoms with Crippen molar-refractivity contribution in [2.45, 2.75) is 109 Å². The number of rotatable bonds is 4. The first-order chi connectivity index (χ1) is 11.6. The Hall–Kier alpha value is -1.06. The molecule has 140 valence electrons. The van der Waals surface area contributed by atoms with Gasteiger partial charge in [0.05, 0.1) is 12.8 Å². The van der Waals surface area contributed by atoms with E-state index in [0.717, 1.165) is 19.3 Å². The molecule has 1 N–H and O–H groups in total. The standard InChI is InChI=1S/C20H36O4/c1-17-12-10-8-6-4-2-3-5-7-9-11-13-18(16-17)24-20(23)15-14-19(21)22/h17-18H,2-16H2,1H3,(H,21,22)/t17-,18?/m1/s1. The Balaban J connectivity index is 2.44. The third kappa shape index (κ3) is 11.5. The molecule has 1 aliphatic rings. The van der Waals surface area contributed by atoms with Gasteiger partial charge in [-0.3, -0.25) is 9.59 Å². The zero-order chi connectivity index (χ0) is 17.6. The Morgan fingerprint density at radius 2 is 1.33 bits per heavy atom. The van der Waals surface area contributed by atoms with Crippen LogP contribution in [0.1, 0.15) is 103 Å². The smallest absolute Gasteiger partial charge is 0.306 e. The van der Waals surface area contributed by atoms with Gasteiger partial charge in [0, 0.05) is 0 Å². The maximum Gasteiger partial charge on any atom is 0.306 e. The number of carboxylic acids is 1. The number of carboxylic acid groups (broad SMARTS) is 1. The van der Waals surface area contributed by atoms with Crippen molar-refractivity contribution in [1.29, 1.82) is 0 Å². The number of aliphatic carboxylic acids is 1. The number of carbonyl (C=O) groups is 2. The molecule has 0 amide bonds. The lowest BCUT2D eigenvalue weighted by molar-refractivity contribution is -0.153. The van der Waals surface area contributed by atoms with E-state index in [1.54, 1.807) is 0 Å². The summed E-state index contributed by atoms with van der Waals surface area (Å²) >= 11 is 0. The number of hydrogen-bond donors (Lipinski definition) is 1. The molecule has 1 aliphatic carbocycles. The van der Waals surface area contributed by atoms with Crippen LogP contribution in [0, 0.1) is 5.92 Å². The molecule has 0 radical (unpaired) electrons. The number of ether oxygens (including phenoxy) is 1. The summed E-state index contributed by atoms with van der Waals surface area (Å²) < 4.78 is 5.59. The fourth-order valence-corrected chi connectivity index (χ4v) is 3.52. The second-order valence-electron chi connectivity index (χ2n) is 7.46. The SMILES string of the molecule is C[C@@H]1CCCCCCCCCCCCC(OC(=O)CCC(=O)O)C1.